The molecule has 0 saturated heterocycles. The predicted molar refractivity (Wildman–Crippen MR) is 98.0 cm³/mol. The molecule has 0 fully saturated rings. The maximum Gasteiger partial charge on any atom is 0.301 e. The molecule has 26 heavy (non-hydrogen) atoms. The monoisotopic (exact) mass is 352 g/mol. The zero-order valence-electron chi connectivity index (χ0n) is 15.1. The average molecular weight is 352 g/mol. The van der Waals surface area contributed by atoms with Crippen molar-refractivity contribution in [1.29, 1.82) is 0 Å². The summed E-state index contributed by atoms with van der Waals surface area (Å²) in [5.41, 5.74) is 2.92. The molecule has 0 spiro atoms. The van der Waals surface area contributed by atoms with Gasteiger partial charge in [-0.3, -0.25) is 9.89 Å². The van der Waals surface area contributed by atoms with E-state index in [2.05, 4.69) is 25.3 Å². The molecule has 134 valence electrons. The van der Waals surface area contributed by atoms with Crippen molar-refractivity contribution in [3.63, 3.8) is 0 Å². The van der Waals surface area contributed by atoms with Crippen LogP contribution in [0.3, 0.4) is 0 Å². The highest BCUT2D eigenvalue weighted by Crippen LogP contribution is 2.19. The van der Waals surface area contributed by atoms with Crippen LogP contribution in [0.1, 0.15) is 23.9 Å². The number of hydrogen-bond acceptors (Lipinski definition) is 6. The Hall–Kier alpha value is -3.29. The van der Waals surface area contributed by atoms with Gasteiger partial charge in [-0.05, 0) is 39.8 Å². The van der Waals surface area contributed by atoms with E-state index in [1.165, 1.54) is 4.68 Å². The highest BCUT2D eigenvalue weighted by Gasteiger charge is 2.15. The van der Waals surface area contributed by atoms with Crippen molar-refractivity contribution in [3.05, 3.63) is 57.6 Å². The molecule has 1 aromatic carbocycles. The zero-order valence-corrected chi connectivity index (χ0v) is 15.1. The largest absolute Gasteiger partial charge is 0.478 e. The highest BCUT2D eigenvalue weighted by molar-refractivity contribution is 5.43. The quantitative estimate of drug-likeness (QED) is 0.708. The molecule has 0 atom stereocenters. The van der Waals surface area contributed by atoms with Crippen molar-refractivity contribution >= 4 is 11.4 Å². The van der Waals surface area contributed by atoms with E-state index >= 15 is 0 Å². The van der Waals surface area contributed by atoms with E-state index in [4.69, 9.17) is 4.74 Å². The standard InChI is InChI=1S/C18H20N6O2/c1-5-26-15-10-12(3)19-18(20-15)24-17(25)16(13(4)23-24)22-21-14-8-6-11(2)7-9-14/h6-10,23H,5H2,1-4H3. The molecular formula is C18H20N6O2. The molecule has 0 bridgehead atoms. The average Bonchev–Trinajstić information content (AvgIpc) is 2.89. The van der Waals surface area contributed by atoms with Gasteiger partial charge in [0.1, 0.15) is 0 Å². The van der Waals surface area contributed by atoms with E-state index in [0.29, 0.717) is 29.6 Å². The molecule has 2 heterocycles. The summed E-state index contributed by atoms with van der Waals surface area (Å²) >= 11 is 0. The van der Waals surface area contributed by atoms with Crippen LogP contribution in [0.15, 0.2) is 45.4 Å². The first-order valence-electron chi connectivity index (χ1n) is 8.27. The van der Waals surface area contributed by atoms with Crippen LogP contribution in [0.2, 0.25) is 0 Å². The second-order valence-electron chi connectivity index (χ2n) is 5.84. The van der Waals surface area contributed by atoms with Crippen LogP contribution in [0.5, 0.6) is 5.88 Å². The Bertz CT molecular complexity index is 1000. The van der Waals surface area contributed by atoms with E-state index in [-0.39, 0.29) is 17.2 Å². The van der Waals surface area contributed by atoms with Gasteiger partial charge in [-0.25, -0.2) is 4.98 Å². The van der Waals surface area contributed by atoms with E-state index in [1.807, 2.05) is 45.0 Å². The molecule has 0 radical (unpaired) electrons. The molecule has 0 unspecified atom stereocenters. The van der Waals surface area contributed by atoms with Gasteiger partial charge in [0.15, 0.2) is 5.69 Å². The van der Waals surface area contributed by atoms with E-state index in [1.54, 1.807) is 13.0 Å². The molecule has 0 saturated carbocycles. The molecule has 0 amide bonds. The van der Waals surface area contributed by atoms with E-state index < -0.39 is 0 Å². The van der Waals surface area contributed by atoms with E-state index in [0.717, 1.165) is 5.56 Å². The lowest BCUT2D eigenvalue weighted by Crippen LogP contribution is -2.18. The topological polar surface area (TPSA) is 97.5 Å². The lowest BCUT2D eigenvalue weighted by Gasteiger charge is -2.05. The molecule has 0 aliphatic heterocycles. The second kappa shape index (κ2) is 7.30. The molecule has 8 nitrogen and oxygen atoms in total. The Morgan fingerprint density at radius 1 is 1.12 bits per heavy atom. The number of nitrogens with one attached hydrogen (secondary N) is 1. The van der Waals surface area contributed by atoms with Gasteiger partial charge < -0.3 is 4.74 Å². The first kappa shape index (κ1) is 17.5. The maximum atomic E-state index is 12.7. The molecule has 3 rings (SSSR count). The number of hydrogen-bond donors (Lipinski definition) is 1. The van der Waals surface area contributed by atoms with Gasteiger partial charge in [0, 0.05) is 11.8 Å². The van der Waals surface area contributed by atoms with Crippen molar-refractivity contribution in [1.82, 2.24) is 19.7 Å². The maximum absolute atomic E-state index is 12.7. The molecule has 8 heteroatoms. The minimum absolute atomic E-state index is 0.207. The normalized spacial score (nSPS) is 11.2. The van der Waals surface area contributed by atoms with Crippen LogP contribution >= 0.6 is 0 Å². The molecular weight excluding hydrogens is 332 g/mol. The molecule has 3 aromatic rings. The Morgan fingerprint density at radius 3 is 2.54 bits per heavy atom. The minimum Gasteiger partial charge on any atom is -0.478 e. The van der Waals surface area contributed by atoms with Crippen LogP contribution in [-0.4, -0.2) is 26.4 Å². The van der Waals surface area contributed by atoms with Crippen molar-refractivity contribution in [3.8, 4) is 11.8 Å². The van der Waals surface area contributed by atoms with Crippen molar-refractivity contribution in [2.45, 2.75) is 27.7 Å². The minimum atomic E-state index is -0.369. The number of aryl methyl sites for hydroxylation is 3. The van der Waals surface area contributed by atoms with Gasteiger partial charge in [-0.1, -0.05) is 17.7 Å². The van der Waals surface area contributed by atoms with Gasteiger partial charge in [-0.15, -0.1) is 5.11 Å². The Morgan fingerprint density at radius 2 is 1.85 bits per heavy atom. The van der Waals surface area contributed by atoms with Crippen molar-refractivity contribution in [2.24, 2.45) is 10.2 Å². The number of benzene rings is 1. The summed E-state index contributed by atoms with van der Waals surface area (Å²) in [5.74, 6) is 0.621. The Balaban J connectivity index is 1.98. The smallest absolute Gasteiger partial charge is 0.301 e. The summed E-state index contributed by atoms with van der Waals surface area (Å²) in [4.78, 5) is 21.3. The summed E-state index contributed by atoms with van der Waals surface area (Å²) in [6.07, 6.45) is 0. The number of aromatic amines is 1. The summed E-state index contributed by atoms with van der Waals surface area (Å²) in [6, 6.07) is 9.28. The zero-order chi connectivity index (χ0) is 18.7. The van der Waals surface area contributed by atoms with Gasteiger partial charge in [0.2, 0.25) is 5.88 Å². The van der Waals surface area contributed by atoms with Gasteiger partial charge >= 0.3 is 5.56 Å². The summed E-state index contributed by atoms with van der Waals surface area (Å²) < 4.78 is 6.66. The second-order valence-corrected chi connectivity index (χ2v) is 5.84. The summed E-state index contributed by atoms with van der Waals surface area (Å²) in [6.45, 7) is 7.90. The number of aromatic nitrogens is 4. The number of azo groups is 1. The third-order valence-corrected chi connectivity index (χ3v) is 3.65. The fraction of sp³-hybridized carbons (Fsp3) is 0.278. The first-order chi connectivity index (χ1) is 12.5. The van der Waals surface area contributed by atoms with Gasteiger partial charge in [-0.2, -0.15) is 14.8 Å². The SMILES string of the molecule is CCOc1cc(C)nc(-n2[nH]c(C)c(N=Nc3ccc(C)cc3)c2=O)n1. The van der Waals surface area contributed by atoms with Crippen molar-refractivity contribution in [2.75, 3.05) is 6.61 Å². The van der Waals surface area contributed by atoms with Crippen LogP contribution in [0.4, 0.5) is 11.4 Å². The van der Waals surface area contributed by atoms with Gasteiger partial charge in [0.05, 0.1) is 18.0 Å². The lowest BCUT2D eigenvalue weighted by atomic mass is 10.2. The fourth-order valence-corrected chi connectivity index (χ4v) is 2.36. The Kier molecular flexibility index (Phi) is 4.92. The molecule has 0 aliphatic rings. The summed E-state index contributed by atoms with van der Waals surface area (Å²) in [5, 5.41) is 11.2. The molecule has 0 aliphatic carbocycles. The van der Waals surface area contributed by atoms with Crippen LogP contribution in [-0.2, 0) is 0 Å². The van der Waals surface area contributed by atoms with Gasteiger partial charge in [0.25, 0.3) is 5.95 Å². The number of rotatable bonds is 5. The number of H-pyrrole nitrogens is 1. The predicted octanol–water partition coefficient (Wildman–Crippen LogP) is 3.69. The van der Waals surface area contributed by atoms with Crippen molar-refractivity contribution < 1.29 is 4.74 Å². The highest BCUT2D eigenvalue weighted by atomic mass is 16.5. The molecule has 2 aromatic heterocycles. The fourth-order valence-electron chi connectivity index (χ4n) is 2.36. The molecule has 1 N–H and O–H groups in total. The van der Waals surface area contributed by atoms with Crippen LogP contribution < -0.4 is 10.3 Å². The van der Waals surface area contributed by atoms with Crippen LogP contribution in [0.25, 0.3) is 5.95 Å². The first-order valence-corrected chi connectivity index (χ1v) is 8.27. The third kappa shape index (κ3) is 3.69. The summed E-state index contributed by atoms with van der Waals surface area (Å²) in [7, 11) is 0. The van der Waals surface area contributed by atoms with Crippen LogP contribution in [0, 0.1) is 20.8 Å². The lowest BCUT2D eigenvalue weighted by molar-refractivity contribution is 0.325. The number of nitrogens with zero attached hydrogens (tertiary/aromatic N) is 5. The Labute approximate surface area is 150 Å². The number of ether oxygens (including phenoxy) is 1. The third-order valence-electron chi connectivity index (χ3n) is 3.65. The van der Waals surface area contributed by atoms with E-state index in [9.17, 15) is 4.79 Å².